The molecular formula is C11H9ClF3NO2. The van der Waals surface area contributed by atoms with Gasteiger partial charge in [-0.3, -0.25) is 4.79 Å². The van der Waals surface area contributed by atoms with Crippen LogP contribution in [0.5, 0.6) is 0 Å². The molecule has 3 nitrogen and oxygen atoms in total. The van der Waals surface area contributed by atoms with Crippen LogP contribution in [0.3, 0.4) is 0 Å². The topological polar surface area (TPSA) is 29.5 Å². The van der Waals surface area contributed by atoms with Gasteiger partial charge in [-0.25, -0.2) is 0 Å². The second kappa shape index (κ2) is 4.78. The van der Waals surface area contributed by atoms with Crippen LogP contribution in [0.15, 0.2) is 18.2 Å². The van der Waals surface area contributed by atoms with Crippen molar-refractivity contribution in [3.63, 3.8) is 0 Å². The number of benzene rings is 1. The maximum Gasteiger partial charge on any atom is 0.416 e. The summed E-state index contributed by atoms with van der Waals surface area (Å²) in [6.07, 6.45) is -4.49. The van der Waals surface area contributed by atoms with Crippen LogP contribution < -0.4 is 4.90 Å². The Morgan fingerprint density at radius 1 is 1.28 bits per heavy atom. The zero-order valence-corrected chi connectivity index (χ0v) is 9.88. The highest BCUT2D eigenvalue weighted by Crippen LogP contribution is 2.34. The van der Waals surface area contributed by atoms with Crippen molar-refractivity contribution < 1.29 is 22.7 Å². The third-order valence-corrected chi connectivity index (χ3v) is 2.73. The largest absolute Gasteiger partial charge is 0.416 e. The fourth-order valence-electron chi connectivity index (χ4n) is 1.68. The Morgan fingerprint density at radius 2 is 2.00 bits per heavy atom. The molecule has 0 unspecified atom stereocenters. The zero-order chi connectivity index (χ0) is 13.3. The summed E-state index contributed by atoms with van der Waals surface area (Å²) in [5, 5.41) is -0.0564. The lowest BCUT2D eigenvalue weighted by atomic mass is 10.1. The lowest BCUT2D eigenvalue weighted by Crippen LogP contribution is -2.41. The average molecular weight is 280 g/mol. The van der Waals surface area contributed by atoms with Crippen molar-refractivity contribution in [2.45, 2.75) is 6.18 Å². The highest BCUT2D eigenvalue weighted by molar-refractivity contribution is 6.31. The quantitative estimate of drug-likeness (QED) is 0.791. The first kappa shape index (κ1) is 13.2. The first-order chi connectivity index (χ1) is 8.38. The van der Waals surface area contributed by atoms with Crippen LogP contribution in [0.1, 0.15) is 5.56 Å². The number of carbonyl (C=O) groups excluding carboxylic acids is 1. The van der Waals surface area contributed by atoms with E-state index in [1.807, 2.05) is 0 Å². The molecule has 1 aliphatic heterocycles. The maximum absolute atomic E-state index is 12.6. The SMILES string of the molecule is O=C1COCCN1c1cc(Cl)cc(C(F)(F)F)c1. The molecule has 0 spiro atoms. The number of amides is 1. The number of hydrogen-bond donors (Lipinski definition) is 0. The standard InChI is InChI=1S/C11H9ClF3NO2/c12-8-3-7(11(13,14)15)4-9(5-8)16-1-2-18-6-10(16)17/h3-5H,1-2,6H2. The van der Waals surface area contributed by atoms with Gasteiger partial charge >= 0.3 is 6.18 Å². The Hall–Kier alpha value is -1.27. The van der Waals surface area contributed by atoms with Gasteiger partial charge in [-0.15, -0.1) is 0 Å². The molecule has 0 bridgehead atoms. The Balaban J connectivity index is 2.38. The van der Waals surface area contributed by atoms with Crippen LogP contribution in [0, 0.1) is 0 Å². The number of anilines is 1. The van der Waals surface area contributed by atoms with E-state index in [-0.39, 0.29) is 29.8 Å². The summed E-state index contributed by atoms with van der Waals surface area (Å²) in [5.41, 5.74) is -0.729. The van der Waals surface area contributed by atoms with E-state index < -0.39 is 11.7 Å². The van der Waals surface area contributed by atoms with E-state index in [1.54, 1.807) is 0 Å². The van der Waals surface area contributed by atoms with Crippen molar-refractivity contribution in [2.24, 2.45) is 0 Å². The maximum atomic E-state index is 12.6. The van der Waals surface area contributed by atoms with Crippen molar-refractivity contribution in [2.75, 3.05) is 24.7 Å². The van der Waals surface area contributed by atoms with E-state index in [1.165, 1.54) is 11.0 Å². The molecular weight excluding hydrogens is 271 g/mol. The predicted octanol–water partition coefficient (Wildman–Crippen LogP) is 2.72. The summed E-state index contributed by atoms with van der Waals surface area (Å²) in [7, 11) is 0. The molecule has 1 aromatic carbocycles. The third-order valence-electron chi connectivity index (χ3n) is 2.51. The lowest BCUT2D eigenvalue weighted by Gasteiger charge is -2.27. The number of carbonyl (C=O) groups is 1. The monoisotopic (exact) mass is 279 g/mol. The number of ether oxygens (including phenoxy) is 1. The summed E-state index contributed by atoms with van der Waals surface area (Å²) in [5.74, 6) is -0.378. The number of halogens is 4. The van der Waals surface area contributed by atoms with Gasteiger partial charge in [0.05, 0.1) is 12.2 Å². The van der Waals surface area contributed by atoms with Crippen LogP contribution in [-0.2, 0) is 15.7 Å². The van der Waals surface area contributed by atoms with E-state index in [4.69, 9.17) is 16.3 Å². The smallest absolute Gasteiger partial charge is 0.370 e. The molecule has 1 heterocycles. The van der Waals surface area contributed by atoms with Crippen LogP contribution >= 0.6 is 11.6 Å². The minimum absolute atomic E-state index is 0.0564. The van der Waals surface area contributed by atoms with Crippen LogP contribution in [0.4, 0.5) is 18.9 Å². The molecule has 0 radical (unpaired) electrons. The molecule has 1 fully saturated rings. The number of hydrogen-bond acceptors (Lipinski definition) is 2. The highest BCUT2D eigenvalue weighted by Gasteiger charge is 2.32. The summed E-state index contributed by atoms with van der Waals surface area (Å²) in [6.45, 7) is 0.379. The summed E-state index contributed by atoms with van der Waals surface area (Å²) in [6, 6.07) is 3.07. The Labute approximate surface area is 106 Å². The predicted molar refractivity (Wildman–Crippen MR) is 59.6 cm³/mol. The van der Waals surface area contributed by atoms with Gasteiger partial charge in [0.1, 0.15) is 6.61 Å². The van der Waals surface area contributed by atoms with Gasteiger partial charge in [0.15, 0.2) is 0 Å². The summed E-state index contributed by atoms with van der Waals surface area (Å²) in [4.78, 5) is 12.8. The van der Waals surface area contributed by atoms with Crippen molar-refractivity contribution in [1.82, 2.24) is 0 Å². The van der Waals surface area contributed by atoms with Crippen LogP contribution in [0.25, 0.3) is 0 Å². The molecule has 2 rings (SSSR count). The van der Waals surface area contributed by atoms with E-state index in [0.717, 1.165) is 12.1 Å². The minimum atomic E-state index is -4.49. The van der Waals surface area contributed by atoms with Crippen molar-refractivity contribution >= 4 is 23.2 Å². The molecule has 1 aromatic rings. The highest BCUT2D eigenvalue weighted by atomic mass is 35.5. The molecule has 1 aliphatic rings. The molecule has 18 heavy (non-hydrogen) atoms. The van der Waals surface area contributed by atoms with Gasteiger partial charge in [-0.05, 0) is 18.2 Å². The molecule has 0 atom stereocenters. The van der Waals surface area contributed by atoms with Gasteiger partial charge in [0, 0.05) is 17.3 Å². The normalized spacial score (nSPS) is 17.1. The molecule has 1 saturated heterocycles. The number of morpholine rings is 1. The Morgan fingerprint density at radius 3 is 2.61 bits per heavy atom. The number of nitrogens with zero attached hydrogens (tertiary/aromatic N) is 1. The van der Waals surface area contributed by atoms with Crippen molar-refractivity contribution in [3.05, 3.63) is 28.8 Å². The van der Waals surface area contributed by atoms with E-state index in [2.05, 4.69) is 0 Å². The molecule has 7 heteroatoms. The Bertz CT molecular complexity index is 476. The first-order valence-corrected chi connectivity index (χ1v) is 5.51. The van der Waals surface area contributed by atoms with E-state index in [0.29, 0.717) is 6.61 Å². The lowest BCUT2D eigenvalue weighted by molar-refractivity contribution is -0.137. The second-order valence-corrected chi connectivity index (χ2v) is 4.23. The Kier molecular flexibility index (Phi) is 3.49. The fraction of sp³-hybridized carbons (Fsp3) is 0.364. The van der Waals surface area contributed by atoms with Crippen molar-refractivity contribution in [1.29, 1.82) is 0 Å². The van der Waals surface area contributed by atoms with Crippen LogP contribution in [-0.4, -0.2) is 25.7 Å². The molecule has 98 valence electrons. The van der Waals surface area contributed by atoms with E-state index >= 15 is 0 Å². The second-order valence-electron chi connectivity index (χ2n) is 3.79. The summed E-state index contributed by atoms with van der Waals surface area (Å²) >= 11 is 5.65. The van der Waals surface area contributed by atoms with Gasteiger partial charge in [-0.1, -0.05) is 11.6 Å². The molecule has 0 N–H and O–H groups in total. The average Bonchev–Trinajstić information content (AvgIpc) is 2.27. The van der Waals surface area contributed by atoms with Gasteiger partial charge in [-0.2, -0.15) is 13.2 Å². The summed E-state index contributed by atoms with van der Waals surface area (Å²) < 4.78 is 42.8. The third kappa shape index (κ3) is 2.76. The van der Waals surface area contributed by atoms with Crippen LogP contribution in [0.2, 0.25) is 5.02 Å². The minimum Gasteiger partial charge on any atom is -0.370 e. The molecule has 0 saturated carbocycles. The fourth-order valence-corrected chi connectivity index (χ4v) is 1.91. The van der Waals surface area contributed by atoms with E-state index in [9.17, 15) is 18.0 Å². The first-order valence-electron chi connectivity index (χ1n) is 5.14. The number of rotatable bonds is 1. The van der Waals surface area contributed by atoms with Gasteiger partial charge in [0.2, 0.25) is 0 Å². The number of alkyl halides is 3. The van der Waals surface area contributed by atoms with Gasteiger partial charge in [0.25, 0.3) is 5.91 Å². The molecule has 0 aliphatic carbocycles. The van der Waals surface area contributed by atoms with Crippen molar-refractivity contribution in [3.8, 4) is 0 Å². The molecule has 1 amide bonds. The molecule has 0 aromatic heterocycles. The zero-order valence-electron chi connectivity index (χ0n) is 9.13. The van der Waals surface area contributed by atoms with Gasteiger partial charge < -0.3 is 9.64 Å².